The molecule has 1 aliphatic rings. The van der Waals surface area contributed by atoms with E-state index in [4.69, 9.17) is 4.74 Å². The molecule has 0 bridgehead atoms. The van der Waals surface area contributed by atoms with Crippen molar-refractivity contribution >= 4 is 18.0 Å². The number of hydrogen-bond acceptors (Lipinski definition) is 4. The van der Waals surface area contributed by atoms with E-state index in [0.717, 1.165) is 22.3 Å². The molecule has 188 valence electrons. The number of carboxylic acid groups (broad SMARTS) is 1. The lowest BCUT2D eigenvalue weighted by molar-refractivity contribution is -0.145. The largest absolute Gasteiger partial charge is 0.480 e. The Balaban J connectivity index is 1.64. The quantitative estimate of drug-likeness (QED) is 0.422. The summed E-state index contributed by atoms with van der Waals surface area (Å²) in [5.41, 5.74) is 3.63. The zero-order valence-corrected chi connectivity index (χ0v) is 21.0. The van der Waals surface area contributed by atoms with Crippen molar-refractivity contribution in [2.75, 3.05) is 13.2 Å². The second kappa shape index (κ2) is 11.4. The van der Waals surface area contributed by atoms with Crippen molar-refractivity contribution in [3.8, 4) is 11.1 Å². The van der Waals surface area contributed by atoms with Crippen LogP contribution in [0.3, 0.4) is 0 Å². The van der Waals surface area contributed by atoms with Gasteiger partial charge in [-0.1, -0.05) is 82.6 Å². The first-order valence-electron chi connectivity index (χ1n) is 12.4. The van der Waals surface area contributed by atoms with Crippen molar-refractivity contribution in [3.63, 3.8) is 0 Å². The molecule has 0 heterocycles. The number of hydrogen-bond donors (Lipinski definition) is 3. The highest BCUT2D eigenvalue weighted by Gasteiger charge is 2.39. The number of fused-ring (bicyclic) bond motifs is 3. The van der Waals surface area contributed by atoms with Gasteiger partial charge in [-0.15, -0.1) is 0 Å². The molecule has 0 saturated carbocycles. The van der Waals surface area contributed by atoms with Crippen molar-refractivity contribution < 1.29 is 24.2 Å². The summed E-state index contributed by atoms with van der Waals surface area (Å²) in [7, 11) is 0. The Hall–Kier alpha value is -3.35. The van der Waals surface area contributed by atoms with Crippen LogP contribution in [0.4, 0.5) is 4.79 Å². The van der Waals surface area contributed by atoms with E-state index in [1.807, 2.05) is 45.0 Å². The van der Waals surface area contributed by atoms with Gasteiger partial charge in [0.2, 0.25) is 5.91 Å². The van der Waals surface area contributed by atoms with Crippen molar-refractivity contribution in [3.05, 3.63) is 59.7 Å². The maximum absolute atomic E-state index is 13.2. The molecule has 3 N–H and O–H groups in total. The normalized spacial score (nSPS) is 14.4. The van der Waals surface area contributed by atoms with Gasteiger partial charge in [0.25, 0.3) is 0 Å². The Morgan fingerprint density at radius 2 is 1.51 bits per heavy atom. The van der Waals surface area contributed by atoms with E-state index in [-0.39, 0.29) is 30.9 Å². The van der Waals surface area contributed by atoms with E-state index < -0.39 is 23.5 Å². The van der Waals surface area contributed by atoms with E-state index in [2.05, 4.69) is 34.9 Å². The van der Waals surface area contributed by atoms with Crippen molar-refractivity contribution in [1.29, 1.82) is 0 Å². The topological polar surface area (TPSA) is 105 Å². The molecule has 2 aromatic rings. The van der Waals surface area contributed by atoms with Gasteiger partial charge in [-0.3, -0.25) is 4.79 Å². The van der Waals surface area contributed by atoms with Crippen molar-refractivity contribution in [2.24, 2.45) is 11.3 Å². The summed E-state index contributed by atoms with van der Waals surface area (Å²) in [6.07, 6.45) is 0.931. The molecule has 1 aliphatic carbocycles. The molecule has 2 amide bonds. The van der Waals surface area contributed by atoms with Gasteiger partial charge in [0.15, 0.2) is 0 Å². The SMILES string of the molecule is CCC(C)[C@H](NC(=O)C(CC)(CC)CNC(=O)OCC1c2ccccc2-c2ccccc21)C(=O)O. The summed E-state index contributed by atoms with van der Waals surface area (Å²) in [5.74, 6) is -1.68. The van der Waals surface area contributed by atoms with Crippen LogP contribution in [0.2, 0.25) is 0 Å². The van der Waals surface area contributed by atoms with Gasteiger partial charge in [-0.2, -0.15) is 0 Å². The van der Waals surface area contributed by atoms with Gasteiger partial charge in [-0.05, 0) is 41.0 Å². The predicted octanol–water partition coefficient (Wildman–Crippen LogP) is 4.95. The molecule has 0 fully saturated rings. The third kappa shape index (κ3) is 5.50. The van der Waals surface area contributed by atoms with Gasteiger partial charge in [0, 0.05) is 12.5 Å². The highest BCUT2D eigenvalue weighted by atomic mass is 16.5. The van der Waals surface area contributed by atoms with Crippen LogP contribution >= 0.6 is 0 Å². The Labute approximate surface area is 207 Å². The first-order valence-corrected chi connectivity index (χ1v) is 12.4. The molecule has 2 atom stereocenters. The molecular weight excluding hydrogens is 444 g/mol. The molecule has 1 unspecified atom stereocenters. The summed E-state index contributed by atoms with van der Waals surface area (Å²) in [4.78, 5) is 37.5. The van der Waals surface area contributed by atoms with Crippen LogP contribution in [0.1, 0.15) is 64.0 Å². The number of amides is 2. The second-order valence-corrected chi connectivity index (χ2v) is 9.34. The van der Waals surface area contributed by atoms with Gasteiger partial charge in [-0.25, -0.2) is 9.59 Å². The van der Waals surface area contributed by atoms with Crippen LogP contribution in [0.15, 0.2) is 48.5 Å². The van der Waals surface area contributed by atoms with Crippen LogP contribution in [-0.2, 0) is 14.3 Å². The van der Waals surface area contributed by atoms with Crippen LogP contribution in [0.25, 0.3) is 11.1 Å². The molecule has 7 nitrogen and oxygen atoms in total. The van der Waals surface area contributed by atoms with E-state index >= 15 is 0 Å². The fraction of sp³-hybridized carbons (Fsp3) is 0.464. The van der Waals surface area contributed by atoms with Gasteiger partial charge >= 0.3 is 12.1 Å². The number of carboxylic acids is 1. The average molecular weight is 481 g/mol. The number of rotatable bonds is 11. The number of alkyl carbamates (subject to hydrolysis) is 1. The summed E-state index contributed by atoms with van der Waals surface area (Å²) in [5, 5.41) is 15.0. The lowest BCUT2D eigenvalue weighted by Gasteiger charge is -2.32. The summed E-state index contributed by atoms with van der Waals surface area (Å²) < 4.78 is 5.60. The number of nitrogens with one attached hydrogen (secondary N) is 2. The van der Waals surface area contributed by atoms with Gasteiger partial charge < -0.3 is 20.5 Å². The Morgan fingerprint density at radius 1 is 0.971 bits per heavy atom. The molecule has 3 rings (SSSR count). The third-order valence-corrected chi connectivity index (χ3v) is 7.52. The van der Waals surface area contributed by atoms with E-state index in [9.17, 15) is 19.5 Å². The number of aliphatic carboxylic acids is 1. The monoisotopic (exact) mass is 480 g/mol. The Kier molecular flexibility index (Phi) is 8.54. The van der Waals surface area contributed by atoms with E-state index in [1.54, 1.807) is 6.92 Å². The zero-order chi connectivity index (χ0) is 25.6. The maximum Gasteiger partial charge on any atom is 0.407 e. The van der Waals surface area contributed by atoms with E-state index in [1.165, 1.54) is 0 Å². The fourth-order valence-electron chi connectivity index (χ4n) is 4.77. The summed E-state index contributed by atoms with van der Waals surface area (Å²) in [6.45, 7) is 7.66. The molecule has 0 spiro atoms. The molecule has 2 aromatic carbocycles. The number of benzene rings is 2. The molecular formula is C28H36N2O5. The molecule has 0 radical (unpaired) electrons. The lowest BCUT2D eigenvalue weighted by Crippen LogP contribution is -2.54. The number of carbonyl (C=O) groups excluding carboxylic acids is 2. The minimum atomic E-state index is -1.06. The predicted molar refractivity (Wildman–Crippen MR) is 135 cm³/mol. The highest BCUT2D eigenvalue weighted by Crippen LogP contribution is 2.44. The van der Waals surface area contributed by atoms with Crippen LogP contribution in [0.5, 0.6) is 0 Å². The smallest absolute Gasteiger partial charge is 0.407 e. The molecule has 0 aromatic heterocycles. The molecule has 0 aliphatic heterocycles. The third-order valence-electron chi connectivity index (χ3n) is 7.52. The maximum atomic E-state index is 13.2. The van der Waals surface area contributed by atoms with Crippen LogP contribution in [0, 0.1) is 11.3 Å². The van der Waals surface area contributed by atoms with Crippen LogP contribution in [-0.4, -0.2) is 42.3 Å². The molecule has 0 saturated heterocycles. The molecule has 7 heteroatoms. The molecule has 35 heavy (non-hydrogen) atoms. The average Bonchev–Trinajstić information content (AvgIpc) is 3.20. The fourth-order valence-corrected chi connectivity index (χ4v) is 4.77. The van der Waals surface area contributed by atoms with E-state index in [0.29, 0.717) is 19.3 Å². The summed E-state index contributed by atoms with van der Waals surface area (Å²) in [6, 6.07) is 15.3. The highest BCUT2D eigenvalue weighted by molar-refractivity contribution is 5.88. The van der Waals surface area contributed by atoms with Crippen molar-refractivity contribution in [2.45, 2.75) is 58.9 Å². The van der Waals surface area contributed by atoms with Gasteiger partial charge in [0.1, 0.15) is 12.6 Å². The zero-order valence-electron chi connectivity index (χ0n) is 21.0. The standard InChI is InChI=1S/C28H36N2O5/c1-5-18(4)24(25(31)32)30-26(33)28(6-2,7-3)17-29-27(34)35-16-23-21-14-10-8-12-19(21)20-13-9-11-15-22(20)23/h8-15,18,23-24H,5-7,16-17H2,1-4H3,(H,29,34)(H,30,33)(H,31,32)/t18?,24-/m0/s1. The minimum Gasteiger partial charge on any atom is -0.480 e. The first-order chi connectivity index (χ1) is 16.8. The second-order valence-electron chi connectivity index (χ2n) is 9.34. The van der Waals surface area contributed by atoms with Gasteiger partial charge in [0.05, 0.1) is 5.41 Å². The number of ether oxygens (including phenoxy) is 1. The van der Waals surface area contributed by atoms with Crippen molar-refractivity contribution in [1.82, 2.24) is 10.6 Å². The Morgan fingerprint density at radius 3 is 2.00 bits per heavy atom. The Bertz CT molecular complexity index is 1020. The summed E-state index contributed by atoms with van der Waals surface area (Å²) >= 11 is 0. The lowest BCUT2D eigenvalue weighted by atomic mass is 9.80. The van der Waals surface area contributed by atoms with Crippen LogP contribution < -0.4 is 10.6 Å². The first kappa shape index (κ1) is 26.3. The minimum absolute atomic E-state index is 0.0505. The number of carbonyl (C=O) groups is 3.